The summed E-state index contributed by atoms with van der Waals surface area (Å²) in [5.41, 5.74) is 0. The Bertz CT molecular complexity index is 492. The first-order valence-corrected chi connectivity index (χ1v) is 11.3. The van der Waals surface area contributed by atoms with Crippen molar-refractivity contribution in [2.75, 3.05) is 44.7 Å². The number of guanidine groups is 1. The number of nitrogens with one attached hydrogen (secondary N) is 2. The van der Waals surface area contributed by atoms with Crippen LogP contribution in [0, 0.1) is 5.92 Å². The molecule has 1 saturated heterocycles. The molecule has 0 aromatic heterocycles. The van der Waals surface area contributed by atoms with E-state index < -0.39 is 10.0 Å². The highest BCUT2D eigenvalue weighted by molar-refractivity contribution is 8.00. The number of hydrogen-bond donors (Lipinski definition) is 2. The van der Waals surface area contributed by atoms with Crippen LogP contribution in [0.25, 0.3) is 0 Å². The molecular weight excluding hydrogens is 332 g/mol. The molecule has 1 saturated carbocycles. The molecule has 1 atom stereocenters. The Labute approximate surface area is 144 Å². The standard InChI is InChI=1S/C15H30N4O2S2/c1-3-14-12-19(8-9-22-14)15(16-2)17-7-10-23(20,21)18-11-13-5-4-6-13/h13-14,18H,3-12H2,1-2H3,(H,16,17). The molecule has 8 heteroatoms. The first kappa shape index (κ1) is 18.9. The minimum Gasteiger partial charge on any atom is -0.355 e. The van der Waals surface area contributed by atoms with Crippen molar-refractivity contribution >= 4 is 27.7 Å². The van der Waals surface area contributed by atoms with Gasteiger partial charge in [0.05, 0.1) is 5.75 Å². The van der Waals surface area contributed by atoms with E-state index in [1.54, 1.807) is 7.05 Å². The van der Waals surface area contributed by atoms with E-state index in [1.165, 1.54) is 6.42 Å². The van der Waals surface area contributed by atoms with Crippen LogP contribution in [-0.4, -0.2) is 69.3 Å². The molecule has 2 aliphatic rings. The number of sulfonamides is 1. The van der Waals surface area contributed by atoms with Crippen LogP contribution in [-0.2, 0) is 10.0 Å². The zero-order valence-corrected chi connectivity index (χ0v) is 15.9. The van der Waals surface area contributed by atoms with Crippen molar-refractivity contribution in [1.29, 1.82) is 0 Å². The molecule has 0 aromatic carbocycles. The predicted octanol–water partition coefficient (Wildman–Crippen LogP) is 1.11. The summed E-state index contributed by atoms with van der Waals surface area (Å²) in [7, 11) is -1.43. The highest BCUT2D eigenvalue weighted by Gasteiger charge is 2.22. The normalized spacial score (nSPS) is 23.7. The lowest BCUT2D eigenvalue weighted by Gasteiger charge is -2.34. The van der Waals surface area contributed by atoms with Crippen molar-refractivity contribution in [2.45, 2.75) is 37.9 Å². The lowest BCUT2D eigenvalue weighted by molar-refractivity contribution is 0.316. The molecule has 0 radical (unpaired) electrons. The zero-order valence-electron chi connectivity index (χ0n) is 14.3. The van der Waals surface area contributed by atoms with Gasteiger partial charge in [0.25, 0.3) is 0 Å². The molecule has 2 fully saturated rings. The Morgan fingerprint density at radius 1 is 1.39 bits per heavy atom. The Hall–Kier alpha value is -0.470. The number of thioether (sulfide) groups is 1. The predicted molar refractivity (Wildman–Crippen MR) is 98.6 cm³/mol. The van der Waals surface area contributed by atoms with Gasteiger partial charge in [0.1, 0.15) is 0 Å². The molecule has 0 aromatic rings. The van der Waals surface area contributed by atoms with Crippen molar-refractivity contribution in [3.63, 3.8) is 0 Å². The second kappa shape index (κ2) is 9.13. The molecule has 0 amide bonds. The second-order valence-corrected chi connectivity index (χ2v) is 9.62. The smallest absolute Gasteiger partial charge is 0.213 e. The third kappa shape index (κ3) is 6.15. The van der Waals surface area contributed by atoms with Crippen LogP contribution in [0.2, 0.25) is 0 Å². The fourth-order valence-electron chi connectivity index (χ4n) is 2.80. The first-order valence-electron chi connectivity index (χ1n) is 8.58. The van der Waals surface area contributed by atoms with Gasteiger partial charge in [0, 0.05) is 44.2 Å². The van der Waals surface area contributed by atoms with Crippen LogP contribution in [0.3, 0.4) is 0 Å². The van der Waals surface area contributed by atoms with E-state index in [1.807, 2.05) is 11.8 Å². The average molecular weight is 363 g/mol. The summed E-state index contributed by atoms with van der Waals surface area (Å²) in [5, 5.41) is 3.84. The fourth-order valence-corrected chi connectivity index (χ4v) is 4.99. The lowest BCUT2D eigenvalue weighted by atomic mass is 9.86. The van der Waals surface area contributed by atoms with Gasteiger partial charge in [-0.2, -0.15) is 11.8 Å². The molecule has 1 heterocycles. The molecule has 6 nitrogen and oxygen atoms in total. The summed E-state index contributed by atoms with van der Waals surface area (Å²) < 4.78 is 26.7. The van der Waals surface area contributed by atoms with Crippen LogP contribution >= 0.6 is 11.8 Å². The van der Waals surface area contributed by atoms with Gasteiger partial charge in [-0.05, 0) is 25.2 Å². The summed E-state index contributed by atoms with van der Waals surface area (Å²) in [4.78, 5) is 6.54. The average Bonchev–Trinajstić information content (AvgIpc) is 2.50. The molecule has 1 aliphatic carbocycles. The number of nitrogens with zero attached hydrogens (tertiary/aromatic N) is 2. The molecule has 0 bridgehead atoms. The Morgan fingerprint density at radius 3 is 2.78 bits per heavy atom. The van der Waals surface area contributed by atoms with E-state index in [4.69, 9.17) is 0 Å². The van der Waals surface area contributed by atoms with Crippen LogP contribution in [0.1, 0.15) is 32.6 Å². The van der Waals surface area contributed by atoms with E-state index in [-0.39, 0.29) is 5.75 Å². The minimum atomic E-state index is -3.19. The van der Waals surface area contributed by atoms with E-state index in [0.29, 0.717) is 24.3 Å². The number of aliphatic imine (C=N–C) groups is 1. The molecular formula is C15H30N4O2S2. The van der Waals surface area contributed by atoms with Gasteiger partial charge in [-0.1, -0.05) is 13.3 Å². The largest absolute Gasteiger partial charge is 0.355 e. The summed E-state index contributed by atoms with van der Waals surface area (Å²) in [6, 6.07) is 0. The maximum atomic E-state index is 12.0. The van der Waals surface area contributed by atoms with Gasteiger partial charge in [0.15, 0.2) is 5.96 Å². The fraction of sp³-hybridized carbons (Fsp3) is 0.933. The van der Waals surface area contributed by atoms with Crippen molar-refractivity contribution in [3.8, 4) is 0 Å². The SMILES string of the molecule is CCC1CN(C(=NC)NCCS(=O)(=O)NCC2CCC2)CCS1. The van der Waals surface area contributed by atoms with Gasteiger partial charge >= 0.3 is 0 Å². The zero-order chi connectivity index (χ0) is 16.7. The van der Waals surface area contributed by atoms with Crippen LogP contribution < -0.4 is 10.0 Å². The summed E-state index contributed by atoms with van der Waals surface area (Å²) in [6.45, 7) is 5.14. The second-order valence-electron chi connectivity index (χ2n) is 6.29. The van der Waals surface area contributed by atoms with Gasteiger partial charge in [-0.3, -0.25) is 4.99 Å². The monoisotopic (exact) mass is 362 g/mol. The summed E-state index contributed by atoms with van der Waals surface area (Å²) in [5.74, 6) is 2.55. The van der Waals surface area contributed by atoms with Crippen molar-refractivity contribution in [3.05, 3.63) is 0 Å². The first-order chi connectivity index (χ1) is 11.0. The summed E-state index contributed by atoms with van der Waals surface area (Å²) in [6.07, 6.45) is 4.69. The Balaban J connectivity index is 1.72. The van der Waals surface area contributed by atoms with Crippen LogP contribution in [0.5, 0.6) is 0 Å². The highest BCUT2D eigenvalue weighted by atomic mass is 32.2. The molecule has 2 N–H and O–H groups in total. The van der Waals surface area contributed by atoms with Gasteiger partial charge in [0.2, 0.25) is 10.0 Å². The molecule has 1 unspecified atom stereocenters. The highest BCUT2D eigenvalue weighted by Crippen LogP contribution is 2.25. The number of rotatable bonds is 7. The molecule has 134 valence electrons. The molecule has 2 rings (SSSR count). The van der Waals surface area contributed by atoms with Gasteiger partial charge in [-0.25, -0.2) is 13.1 Å². The molecule has 23 heavy (non-hydrogen) atoms. The quantitative estimate of drug-likeness (QED) is 0.524. The minimum absolute atomic E-state index is 0.0958. The Kier molecular flexibility index (Phi) is 7.49. The maximum absolute atomic E-state index is 12.0. The van der Waals surface area contributed by atoms with E-state index in [2.05, 4.69) is 26.9 Å². The maximum Gasteiger partial charge on any atom is 0.213 e. The number of hydrogen-bond acceptors (Lipinski definition) is 4. The third-order valence-corrected chi connectivity index (χ3v) is 7.30. The molecule has 0 spiro atoms. The summed E-state index contributed by atoms with van der Waals surface area (Å²) >= 11 is 2.01. The van der Waals surface area contributed by atoms with Crippen LogP contribution in [0.15, 0.2) is 4.99 Å². The van der Waals surface area contributed by atoms with E-state index in [0.717, 1.165) is 44.1 Å². The lowest BCUT2D eigenvalue weighted by Crippen LogP contribution is -2.49. The topological polar surface area (TPSA) is 73.8 Å². The van der Waals surface area contributed by atoms with Crippen molar-refractivity contribution in [2.24, 2.45) is 10.9 Å². The van der Waals surface area contributed by atoms with Gasteiger partial charge in [-0.15, -0.1) is 0 Å². The Morgan fingerprint density at radius 2 is 2.17 bits per heavy atom. The molecule has 1 aliphatic heterocycles. The van der Waals surface area contributed by atoms with E-state index >= 15 is 0 Å². The third-order valence-electron chi connectivity index (χ3n) is 4.58. The van der Waals surface area contributed by atoms with E-state index in [9.17, 15) is 8.42 Å². The van der Waals surface area contributed by atoms with Gasteiger partial charge < -0.3 is 10.2 Å². The van der Waals surface area contributed by atoms with Crippen LogP contribution in [0.4, 0.5) is 0 Å². The van der Waals surface area contributed by atoms with Crippen molar-refractivity contribution < 1.29 is 8.42 Å². The van der Waals surface area contributed by atoms with Crippen molar-refractivity contribution in [1.82, 2.24) is 14.9 Å².